The van der Waals surface area contributed by atoms with E-state index in [1.807, 2.05) is 6.92 Å². The molecule has 14 heavy (non-hydrogen) atoms. The molecule has 0 fully saturated rings. The Hall–Kier alpha value is -1.42. The van der Waals surface area contributed by atoms with Crippen molar-refractivity contribution in [3.8, 4) is 11.5 Å². The zero-order valence-corrected chi connectivity index (χ0v) is 8.87. The van der Waals surface area contributed by atoms with Crippen LogP contribution in [0.25, 0.3) is 0 Å². The summed E-state index contributed by atoms with van der Waals surface area (Å²) in [6.45, 7) is 1.91. The van der Waals surface area contributed by atoms with Crippen LogP contribution in [-0.4, -0.2) is 26.5 Å². The lowest BCUT2D eigenvalue weighted by molar-refractivity contribution is 0.273. The summed E-state index contributed by atoms with van der Waals surface area (Å²) < 4.78 is 10.3. The third-order valence-corrected chi connectivity index (χ3v) is 2.04. The van der Waals surface area contributed by atoms with Crippen molar-refractivity contribution < 1.29 is 14.7 Å². The second-order valence-electron chi connectivity index (χ2n) is 3.02. The van der Waals surface area contributed by atoms with Crippen LogP contribution in [0.5, 0.6) is 11.5 Å². The molecule has 0 saturated heterocycles. The van der Waals surface area contributed by atoms with Crippen LogP contribution in [0.4, 0.5) is 5.69 Å². The van der Waals surface area contributed by atoms with Gasteiger partial charge in [0.15, 0.2) is 0 Å². The van der Waals surface area contributed by atoms with Gasteiger partial charge >= 0.3 is 0 Å². The van der Waals surface area contributed by atoms with E-state index in [9.17, 15) is 5.21 Å². The summed E-state index contributed by atoms with van der Waals surface area (Å²) in [6, 6.07) is 3.55. The molecule has 1 aromatic carbocycles. The first-order chi connectivity index (χ1) is 6.60. The fourth-order valence-electron chi connectivity index (χ4n) is 1.29. The molecule has 1 aromatic rings. The second kappa shape index (κ2) is 4.19. The number of aryl methyl sites for hydroxylation is 1. The minimum atomic E-state index is 0.581. The molecule has 0 bridgehead atoms. The van der Waals surface area contributed by atoms with Gasteiger partial charge in [-0.05, 0) is 18.6 Å². The molecular weight excluding hydrogens is 182 g/mol. The Morgan fingerprint density at radius 2 is 1.71 bits per heavy atom. The number of hydrogen-bond acceptors (Lipinski definition) is 4. The number of ether oxygens (including phenoxy) is 2. The molecule has 0 atom stereocenters. The number of hydroxylamine groups is 1. The summed E-state index contributed by atoms with van der Waals surface area (Å²) in [5, 5.41) is 10.4. The van der Waals surface area contributed by atoms with Crippen LogP contribution in [0.2, 0.25) is 0 Å². The van der Waals surface area contributed by atoms with Gasteiger partial charge in [0.25, 0.3) is 0 Å². The minimum Gasteiger partial charge on any atom is -0.496 e. The molecule has 0 unspecified atom stereocenters. The zero-order chi connectivity index (χ0) is 10.7. The maximum atomic E-state index is 9.34. The summed E-state index contributed by atoms with van der Waals surface area (Å²) in [4.78, 5) is 0. The van der Waals surface area contributed by atoms with Gasteiger partial charge in [0.2, 0.25) is 0 Å². The van der Waals surface area contributed by atoms with E-state index in [0.717, 1.165) is 16.4 Å². The Labute approximate surface area is 83.6 Å². The molecular formula is C10H15NO3. The quantitative estimate of drug-likeness (QED) is 0.751. The fourth-order valence-corrected chi connectivity index (χ4v) is 1.29. The molecule has 0 aliphatic heterocycles. The third kappa shape index (κ3) is 1.90. The van der Waals surface area contributed by atoms with Gasteiger partial charge in [-0.25, -0.2) is 0 Å². The van der Waals surface area contributed by atoms with E-state index in [1.165, 1.54) is 0 Å². The van der Waals surface area contributed by atoms with Crippen LogP contribution < -0.4 is 14.5 Å². The normalized spacial score (nSPS) is 9.79. The lowest BCUT2D eigenvalue weighted by Gasteiger charge is -2.17. The Kier molecular flexibility index (Phi) is 3.19. The SMILES string of the molecule is COc1cc(OC)c(N(C)O)cc1C. The van der Waals surface area contributed by atoms with Gasteiger partial charge in [-0.3, -0.25) is 10.3 Å². The standard InChI is InChI=1S/C10H15NO3/c1-7-5-8(11(2)12)10(14-4)6-9(7)13-3/h5-6,12H,1-4H3. The molecule has 4 heteroatoms. The van der Waals surface area contributed by atoms with Gasteiger partial charge in [0, 0.05) is 13.1 Å². The van der Waals surface area contributed by atoms with Crippen molar-refractivity contribution in [2.24, 2.45) is 0 Å². The molecule has 78 valence electrons. The maximum Gasteiger partial charge on any atom is 0.148 e. The smallest absolute Gasteiger partial charge is 0.148 e. The van der Waals surface area contributed by atoms with Crippen LogP contribution in [0.1, 0.15) is 5.56 Å². The lowest BCUT2D eigenvalue weighted by Crippen LogP contribution is -2.11. The van der Waals surface area contributed by atoms with Gasteiger partial charge in [0.1, 0.15) is 17.2 Å². The second-order valence-corrected chi connectivity index (χ2v) is 3.02. The van der Waals surface area contributed by atoms with Gasteiger partial charge in [0.05, 0.1) is 14.2 Å². The minimum absolute atomic E-state index is 0.581. The highest BCUT2D eigenvalue weighted by atomic mass is 16.5. The van der Waals surface area contributed by atoms with E-state index < -0.39 is 0 Å². The van der Waals surface area contributed by atoms with E-state index >= 15 is 0 Å². The predicted molar refractivity (Wildman–Crippen MR) is 54.5 cm³/mol. The number of benzene rings is 1. The van der Waals surface area contributed by atoms with Crippen molar-refractivity contribution >= 4 is 5.69 Å². The topological polar surface area (TPSA) is 41.9 Å². The highest BCUT2D eigenvalue weighted by Crippen LogP contribution is 2.33. The summed E-state index contributed by atoms with van der Waals surface area (Å²) in [7, 11) is 4.70. The molecule has 0 aliphatic carbocycles. The number of anilines is 1. The molecule has 0 aromatic heterocycles. The van der Waals surface area contributed by atoms with Gasteiger partial charge in [-0.2, -0.15) is 0 Å². The average molecular weight is 197 g/mol. The molecule has 0 aliphatic rings. The number of nitrogens with zero attached hydrogens (tertiary/aromatic N) is 1. The van der Waals surface area contributed by atoms with Crippen LogP contribution in [-0.2, 0) is 0 Å². The van der Waals surface area contributed by atoms with Crippen molar-refractivity contribution in [1.29, 1.82) is 0 Å². The predicted octanol–water partition coefficient (Wildman–Crippen LogP) is 1.84. The third-order valence-electron chi connectivity index (χ3n) is 2.04. The molecule has 0 amide bonds. The summed E-state index contributed by atoms with van der Waals surface area (Å²) >= 11 is 0. The van der Waals surface area contributed by atoms with Crippen LogP contribution >= 0.6 is 0 Å². The number of rotatable bonds is 3. The van der Waals surface area contributed by atoms with Gasteiger partial charge in [-0.15, -0.1) is 0 Å². The lowest BCUT2D eigenvalue weighted by atomic mass is 10.2. The van der Waals surface area contributed by atoms with E-state index in [0.29, 0.717) is 11.4 Å². The molecule has 1 rings (SSSR count). The zero-order valence-electron chi connectivity index (χ0n) is 8.87. The van der Waals surface area contributed by atoms with Gasteiger partial charge in [-0.1, -0.05) is 0 Å². The largest absolute Gasteiger partial charge is 0.496 e. The summed E-state index contributed by atoms with van der Waals surface area (Å²) in [5.41, 5.74) is 1.56. The number of hydrogen-bond donors (Lipinski definition) is 1. The van der Waals surface area contributed by atoms with Crippen molar-refractivity contribution in [1.82, 2.24) is 0 Å². The molecule has 0 spiro atoms. The maximum absolute atomic E-state index is 9.34. The van der Waals surface area contributed by atoms with Crippen molar-refractivity contribution in [2.45, 2.75) is 6.92 Å². The van der Waals surface area contributed by atoms with Crippen LogP contribution in [0, 0.1) is 6.92 Å². The highest BCUT2D eigenvalue weighted by molar-refractivity contribution is 5.61. The average Bonchev–Trinajstić information content (AvgIpc) is 2.17. The van der Waals surface area contributed by atoms with E-state index in [-0.39, 0.29) is 0 Å². The Balaban J connectivity index is 3.24. The first kappa shape index (κ1) is 10.7. The fraction of sp³-hybridized carbons (Fsp3) is 0.400. The summed E-state index contributed by atoms with van der Waals surface area (Å²) in [5.74, 6) is 1.32. The Bertz CT molecular complexity index is 323. The van der Waals surface area contributed by atoms with Crippen LogP contribution in [0.3, 0.4) is 0 Å². The summed E-state index contributed by atoms with van der Waals surface area (Å²) in [6.07, 6.45) is 0. The molecule has 4 nitrogen and oxygen atoms in total. The van der Waals surface area contributed by atoms with Crippen LogP contribution in [0.15, 0.2) is 12.1 Å². The van der Waals surface area contributed by atoms with E-state index in [1.54, 1.807) is 33.4 Å². The molecule has 0 saturated carbocycles. The number of methoxy groups -OCH3 is 2. The highest BCUT2D eigenvalue weighted by Gasteiger charge is 2.10. The van der Waals surface area contributed by atoms with Gasteiger partial charge < -0.3 is 9.47 Å². The molecule has 0 radical (unpaired) electrons. The first-order valence-corrected chi connectivity index (χ1v) is 4.25. The Morgan fingerprint density at radius 1 is 1.14 bits per heavy atom. The van der Waals surface area contributed by atoms with Crippen molar-refractivity contribution in [3.63, 3.8) is 0 Å². The Morgan fingerprint density at radius 3 is 2.14 bits per heavy atom. The van der Waals surface area contributed by atoms with Crippen molar-refractivity contribution in [2.75, 3.05) is 26.3 Å². The van der Waals surface area contributed by atoms with E-state index in [2.05, 4.69) is 0 Å². The monoisotopic (exact) mass is 197 g/mol. The molecule has 1 N–H and O–H groups in total. The van der Waals surface area contributed by atoms with Crippen molar-refractivity contribution in [3.05, 3.63) is 17.7 Å². The van der Waals surface area contributed by atoms with E-state index in [4.69, 9.17) is 9.47 Å². The first-order valence-electron chi connectivity index (χ1n) is 4.25. The molecule has 0 heterocycles.